The predicted molar refractivity (Wildman–Crippen MR) is 71.7 cm³/mol. The highest BCUT2D eigenvalue weighted by Gasteiger charge is 2.27. The van der Waals surface area contributed by atoms with Gasteiger partial charge in [-0.2, -0.15) is 0 Å². The van der Waals surface area contributed by atoms with Gasteiger partial charge in [0.05, 0.1) is 0 Å². The van der Waals surface area contributed by atoms with E-state index in [1.54, 1.807) is 0 Å². The summed E-state index contributed by atoms with van der Waals surface area (Å²) in [6.07, 6.45) is 1.18. The van der Waals surface area contributed by atoms with Crippen LogP contribution in [0.1, 0.15) is 48.7 Å². The van der Waals surface area contributed by atoms with Crippen molar-refractivity contribution in [3.05, 3.63) is 34.9 Å². The molecule has 0 aromatic heterocycles. The Morgan fingerprint density at radius 2 is 1.87 bits per heavy atom. The second-order valence-corrected chi connectivity index (χ2v) is 5.98. The molecule has 0 saturated heterocycles. The molecule has 0 spiro atoms. The Bertz CT molecular complexity index is 339. The predicted octanol–water partition coefficient (Wildman–Crippen LogP) is 5.18. The molecule has 0 aliphatic carbocycles. The minimum atomic E-state index is 0.304. The zero-order valence-electron chi connectivity index (χ0n) is 10.4. The molecule has 0 nitrogen and oxygen atoms in total. The third-order valence-electron chi connectivity index (χ3n) is 3.31. The maximum absolute atomic E-state index is 3.85. The van der Waals surface area contributed by atoms with Gasteiger partial charge in [0.15, 0.2) is 0 Å². The normalized spacial score (nSPS) is 14.0. The van der Waals surface area contributed by atoms with Crippen LogP contribution in [0.4, 0.5) is 0 Å². The highest BCUT2D eigenvalue weighted by Crippen LogP contribution is 2.43. The van der Waals surface area contributed by atoms with Crippen molar-refractivity contribution in [2.24, 2.45) is 5.41 Å². The second kappa shape index (κ2) is 4.69. The smallest absolute Gasteiger partial charge is 0.0448 e. The van der Waals surface area contributed by atoms with Gasteiger partial charge in [-0.1, -0.05) is 60.5 Å². The fraction of sp³-hybridized carbons (Fsp3) is 0.571. The van der Waals surface area contributed by atoms with Gasteiger partial charge in [0.25, 0.3) is 0 Å². The molecule has 0 fully saturated rings. The summed E-state index contributed by atoms with van der Waals surface area (Å²) < 4.78 is 0. The van der Waals surface area contributed by atoms with E-state index < -0.39 is 0 Å². The van der Waals surface area contributed by atoms with Crippen LogP contribution >= 0.6 is 15.9 Å². The molecule has 1 aromatic carbocycles. The molecular weight excluding hydrogens is 248 g/mol. The number of benzene rings is 1. The lowest BCUT2D eigenvalue weighted by atomic mass is 9.82. The molecule has 0 heterocycles. The second-order valence-electron chi connectivity index (χ2n) is 5.06. The zero-order valence-corrected chi connectivity index (χ0v) is 12.0. The lowest BCUT2D eigenvalue weighted by Crippen LogP contribution is -2.17. The first kappa shape index (κ1) is 12.8. The first-order valence-corrected chi connectivity index (χ1v) is 6.51. The van der Waals surface area contributed by atoms with E-state index in [0.29, 0.717) is 10.2 Å². The summed E-state index contributed by atoms with van der Waals surface area (Å²) >= 11 is 3.85. The van der Waals surface area contributed by atoms with E-state index in [9.17, 15) is 0 Å². The Kier molecular flexibility index (Phi) is 3.99. The van der Waals surface area contributed by atoms with Crippen LogP contribution in [0.25, 0.3) is 0 Å². The molecule has 0 saturated carbocycles. The fourth-order valence-corrected chi connectivity index (χ4v) is 2.45. The van der Waals surface area contributed by atoms with Crippen LogP contribution in [0.3, 0.4) is 0 Å². The first-order valence-electron chi connectivity index (χ1n) is 5.59. The summed E-state index contributed by atoms with van der Waals surface area (Å²) in [6, 6.07) is 6.69. The Morgan fingerprint density at radius 3 is 2.40 bits per heavy atom. The van der Waals surface area contributed by atoms with Gasteiger partial charge in [-0.05, 0) is 36.8 Å². The molecule has 1 atom stereocenters. The van der Waals surface area contributed by atoms with Crippen LogP contribution in [0.5, 0.6) is 0 Å². The fourth-order valence-electron chi connectivity index (χ4n) is 1.63. The third-order valence-corrected chi connectivity index (χ3v) is 5.04. The topological polar surface area (TPSA) is 0 Å². The maximum Gasteiger partial charge on any atom is 0.0448 e. The van der Waals surface area contributed by atoms with Crippen molar-refractivity contribution in [3.8, 4) is 0 Å². The number of halogens is 1. The van der Waals surface area contributed by atoms with E-state index in [-0.39, 0.29) is 0 Å². The molecule has 0 aliphatic heterocycles. The Hall–Kier alpha value is -0.300. The number of aryl methyl sites for hydroxylation is 2. The van der Waals surface area contributed by atoms with Crippen molar-refractivity contribution in [1.29, 1.82) is 0 Å². The molecule has 0 N–H and O–H groups in total. The Labute approximate surface area is 102 Å². The zero-order chi connectivity index (χ0) is 11.6. The number of hydrogen-bond donors (Lipinski definition) is 0. The largest absolute Gasteiger partial charge is 0.0833 e. The van der Waals surface area contributed by atoms with Gasteiger partial charge in [-0.25, -0.2) is 0 Å². The minimum absolute atomic E-state index is 0.304. The van der Waals surface area contributed by atoms with Gasteiger partial charge in [-0.15, -0.1) is 0 Å². The van der Waals surface area contributed by atoms with Crippen LogP contribution < -0.4 is 0 Å². The van der Waals surface area contributed by atoms with E-state index in [2.05, 4.69) is 68.7 Å². The van der Waals surface area contributed by atoms with E-state index in [4.69, 9.17) is 0 Å². The number of alkyl halides is 1. The summed E-state index contributed by atoms with van der Waals surface area (Å²) in [5, 5.41) is 0. The standard InChI is InChI=1S/C14H21Br/c1-6-14(4,5)13(15)12-9-10(2)7-8-11(12)3/h7-9,13H,6H2,1-5H3. The molecule has 0 amide bonds. The van der Waals surface area contributed by atoms with Crippen molar-refractivity contribution in [2.45, 2.75) is 45.9 Å². The SMILES string of the molecule is CCC(C)(C)C(Br)c1cc(C)ccc1C. The lowest BCUT2D eigenvalue weighted by Gasteiger charge is -2.30. The molecule has 0 radical (unpaired) electrons. The lowest BCUT2D eigenvalue weighted by molar-refractivity contribution is 0.345. The highest BCUT2D eigenvalue weighted by atomic mass is 79.9. The van der Waals surface area contributed by atoms with Crippen molar-refractivity contribution in [2.75, 3.05) is 0 Å². The van der Waals surface area contributed by atoms with E-state index in [0.717, 1.165) is 0 Å². The molecule has 1 aromatic rings. The average molecular weight is 269 g/mol. The molecular formula is C14H21Br. The van der Waals surface area contributed by atoms with Gasteiger partial charge in [0, 0.05) is 4.83 Å². The first-order chi connectivity index (χ1) is 6.88. The summed E-state index contributed by atoms with van der Waals surface area (Å²) in [7, 11) is 0. The number of hydrogen-bond acceptors (Lipinski definition) is 0. The van der Waals surface area contributed by atoms with E-state index >= 15 is 0 Å². The van der Waals surface area contributed by atoms with Crippen molar-refractivity contribution < 1.29 is 0 Å². The molecule has 84 valence electrons. The summed E-state index contributed by atoms with van der Waals surface area (Å²) in [5.41, 5.74) is 4.45. The average Bonchev–Trinajstić information content (AvgIpc) is 2.20. The van der Waals surface area contributed by atoms with Gasteiger partial charge in [-0.3, -0.25) is 0 Å². The molecule has 15 heavy (non-hydrogen) atoms. The maximum atomic E-state index is 3.85. The van der Waals surface area contributed by atoms with E-state index in [1.807, 2.05) is 0 Å². The van der Waals surface area contributed by atoms with Crippen LogP contribution in [0.2, 0.25) is 0 Å². The summed E-state index contributed by atoms with van der Waals surface area (Å²) in [5.74, 6) is 0. The monoisotopic (exact) mass is 268 g/mol. The summed E-state index contributed by atoms with van der Waals surface area (Å²) in [4.78, 5) is 0.440. The van der Waals surface area contributed by atoms with Crippen molar-refractivity contribution in [1.82, 2.24) is 0 Å². The molecule has 1 rings (SSSR count). The summed E-state index contributed by atoms with van der Waals surface area (Å²) in [6.45, 7) is 11.2. The van der Waals surface area contributed by atoms with Crippen LogP contribution in [0, 0.1) is 19.3 Å². The van der Waals surface area contributed by atoms with Gasteiger partial charge < -0.3 is 0 Å². The van der Waals surface area contributed by atoms with Crippen molar-refractivity contribution in [3.63, 3.8) is 0 Å². The molecule has 1 heteroatoms. The third kappa shape index (κ3) is 2.84. The quantitative estimate of drug-likeness (QED) is 0.663. The van der Waals surface area contributed by atoms with Gasteiger partial charge in [0.1, 0.15) is 0 Å². The highest BCUT2D eigenvalue weighted by molar-refractivity contribution is 9.09. The van der Waals surface area contributed by atoms with Crippen LogP contribution in [-0.2, 0) is 0 Å². The van der Waals surface area contributed by atoms with Crippen LogP contribution in [-0.4, -0.2) is 0 Å². The minimum Gasteiger partial charge on any atom is -0.0833 e. The van der Waals surface area contributed by atoms with Gasteiger partial charge >= 0.3 is 0 Å². The van der Waals surface area contributed by atoms with Crippen LogP contribution in [0.15, 0.2) is 18.2 Å². The molecule has 0 bridgehead atoms. The molecule has 1 unspecified atom stereocenters. The Balaban J connectivity index is 3.10. The molecule has 0 aliphatic rings. The Morgan fingerprint density at radius 1 is 1.27 bits per heavy atom. The van der Waals surface area contributed by atoms with Gasteiger partial charge in [0.2, 0.25) is 0 Å². The van der Waals surface area contributed by atoms with Crippen molar-refractivity contribution >= 4 is 15.9 Å². The number of rotatable bonds is 3. The van der Waals surface area contributed by atoms with E-state index in [1.165, 1.54) is 23.1 Å².